The van der Waals surface area contributed by atoms with Gasteiger partial charge in [0.2, 0.25) is 5.91 Å². The summed E-state index contributed by atoms with van der Waals surface area (Å²) in [5.41, 5.74) is -0.430. The molecule has 0 bridgehead atoms. The molecule has 2 heterocycles. The molecular formula is C16H16N4O5. The molecular weight excluding hydrogens is 328 g/mol. The molecule has 9 nitrogen and oxygen atoms in total. The summed E-state index contributed by atoms with van der Waals surface area (Å²) in [5, 5.41) is 7.14. The molecule has 9 heteroatoms. The van der Waals surface area contributed by atoms with Crippen molar-refractivity contribution in [1.82, 2.24) is 5.12 Å². The number of aryl methyl sites for hydroxylation is 1. The second-order valence-corrected chi connectivity index (χ2v) is 5.90. The van der Waals surface area contributed by atoms with Gasteiger partial charge in [-0.1, -0.05) is 12.1 Å². The molecule has 0 N–H and O–H groups in total. The van der Waals surface area contributed by atoms with E-state index in [-0.39, 0.29) is 25.2 Å². The van der Waals surface area contributed by atoms with Gasteiger partial charge in [-0.25, -0.2) is 9.69 Å². The average Bonchev–Trinajstić information content (AvgIpc) is 3.06. The lowest BCUT2D eigenvalue weighted by atomic mass is 9.92. The number of benzene rings is 1. The molecule has 25 heavy (non-hydrogen) atoms. The lowest BCUT2D eigenvalue weighted by molar-refractivity contribution is -0.135. The summed E-state index contributed by atoms with van der Waals surface area (Å²) in [6.07, 6.45) is -0.498. The van der Waals surface area contributed by atoms with E-state index in [1.165, 1.54) is 0 Å². The maximum absolute atomic E-state index is 13.0. The van der Waals surface area contributed by atoms with E-state index in [0.29, 0.717) is 10.8 Å². The number of nitroso groups, excluding NO2 is 1. The minimum absolute atomic E-state index is 0.103. The zero-order valence-electron chi connectivity index (χ0n) is 13.8. The number of ether oxygens (including phenoxy) is 1. The number of amides is 2. The molecule has 1 fully saturated rings. The van der Waals surface area contributed by atoms with Crippen LogP contribution in [0.2, 0.25) is 0 Å². The fourth-order valence-corrected chi connectivity index (χ4v) is 3.07. The van der Waals surface area contributed by atoms with Crippen LogP contribution < -0.4 is 4.90 Å². The molecule has 0 aliphatic carbocycles. The summed E-state index contributed by atoms with van der Waals surface area (Å²) in [5.74, 6) is -1.85. The molecule has 0 saturated carbocycles. The van der Waals surface area contributed by atoms with Gasteiger partial charge >= 0.3 is 5.97 Å². The predicted molar refractivity (Wildman–Crippen MR) is 87.3 cm³/mol. The molecule has 1 atom stereocenters. The minimum atomic E-state index is -1.61. The summed E-state index contributed by atoms with van der Waals surface area (Å²) in [6, 6.07) is 6.88. The van der Waals surface area contributed by atoms with Gasteiger partial charge in [0, 0.05) is 6.42 Å². The largest absolute Gasteiger partial charge is 0.461 e. The number of nitrogens with zero attached hydrogens (tertiary/aromatic N) is 4. The second-order valence-electron chi connectivity index (χ2n) is 5.90. The quantitative estimate of drug-likeness (QED) is 0.463. The van der Waals surface area contributed by atoms with Crippen LogP contribution >= 0.6 is 0 Å². The summed E-state index contributed by atoms with van der Waals surface area (Å²) < 4.78 is 4.86. The number of hydrogen-bond acceptors (Lipinski definition) is 7. The summed E-state index contributed by atoms with van der Waals surface area (Å²) >= 11 is 0. The van der Waals surface area contributed by atoms with Crippen LogP contribution in [-0.2, 0) is 19.1 Å². The Morgan fingerprint density at radius 2 is 2.12 bits per heavy atom. The maximum atomic E-state index is 13.0. The SMILES string of the molecule is CCOC(=O)C1=NN(N=O)[C@]2(CC(=O)N(c3cccc(C)c3)C2=O)C1. The number of carbonyl (C=O) groups excluding carboxylic acids is 3. The fraction of sp³-hybridized carbons (Fsp3) is 0.375. The molecule has 0 unspecified atom stereocenters. The van der Waals surface area contributed by atoms with Gasteiger partial charge < -0.3 is 4.74 Å². The van der Waals surface area contributed by atoms with Gasteiger partial charge in [-0.15, -0.1) is 15.1 Å². The summed E-state index contributed by atoms with van der Waals surface area (Å²) in [7, 11) is 0. The van der Waals surface area contributed by atoms with Gasteiger partial charge in [-0.3, -0.25) is 9.59 Å². The number of rotatable bonds is 4. The van der Waals surface area contributed by atoms with Gasteiger partial charge in [0.15, 0.2) is 11.3 Å². The van der Waals surface area contributed by atoms with Gasteiger partial charge in [0.05, 0.1) is 24.0 Å². The van der Waals surface area contributed by atoms with Gasteiger partial charge in [-0.05, 0) is 31.5 Å². The van der Waals surface area contributed by atoms with Gasteiger partial charge in [0.1, 0.15) is 0 Å². The van der Waals surface area contributed by atoms with Crippen molar-refractivity contribution in [2.24, 2.45) is 10.4 Å². The van der Waals surface area contributed by atoms with Crippen LogP contribution in [0, 0.1) is 11.8 Å². The van der Waals surface area contributed by atoms with Crippen molar-refractivity contribution in [3.8, 4) is 0 Å². The van der Waals surface area contributed by atoms with Crippen molar-refractivity contribution >= 4 is 29.2 Å². The number of hydrogen-bond donors (Lipinski definition) is 0. The lowest BCUT2D eigenvalue weighted by Crippen LogP contribution is -2.48. The van der Waals surface area contributed by atoms with Crippen LogP contribution in [0.3, 0.4) is 0 Å². The smallest absolute Gasteiger partial charge is 0.354 e. The molecule has 2 aliphatic rings. The normalized spacial score (nSPS) is 22.6. The van der Waals surface area contributed by atoms with E-state index in [1.807, 2.05) is 13.0 Å². The molecule has 1 aromatic carbocycles. The van der Waals surface area contributed by atoms with Gasteiger partial charge in [0.25, 0.3) is 5.91 Å². The lowest BCUT2D eigenvalue weighted by Gasteiger charge is -2.24. The third-order valence-corrected chi connectivity index (χ3v) is 4.20. The predicted octanol–water partition coefficient (Wildman–Crippen LogP) is 1.30. The topological polar surface area (TPSA) is 109 Å². The van der Waals surface area contributed by atoms with Crippen LogP contribution in [0.25, 0.3) is 0 Å². The van der Waals surface area contributed by atoms with Crippen LogP contribution in [-0.4, -0.2) is 40.8 Å². The number of carbonyl (C=O) groups is 3. The van der Waals surface area contributed by atoms with Crippen molar-refractivity contribution in [2.75, 3.05) is 11.5 Å². The first kappa shape index (κ1) is 16.7. The van der Waals surface area contributed by atoms with Crippen molar-refractivity contribution in [3.63, 3.8) is 0 Å². The zero-order chi connectivity index (χ0) is 18.2. The monoisotopic (exact) mass is 344 g/mol. The number of esters is 1. The summed E-state index contributed by atoms with van der Waals surface area (Å²) in [4.78, 5) is 49.6. The van der Waals surface area contributed by atoms with Crippen molar-refractivity contribution in [2.45, 2.75) is 32.2 Å². The van der Waals surface area contributed by atoms with E-state index in [4.69, 9.17) is 4.74 Å². The number of anilines is 1. The Kier molecular flexibility index (Phi) is 4.07. The Balaban J connectivity index is 1.95. The first-order chi connectivity index (χ1) is 11.9. The first-order valence-corrected chi connectivity index (χ1v) is 7.75. The van der Waals surface area contributed by atoms with Crippen molar-refractivity contribution in [1.29, 1.82) is 0 Å². The van der Waals surface area contributed by atoms with Crippen LogP contribution in [0.4, 0.5) is 5.69 Å². The minimum Gasteiger partial charge on any atom is -0.461 e. The number of imide groups is 1. The first-order valence-electron chi connectivity index (χ1n) is 7.75. The average molecular weight is 344 g/mol. The molecule has 1 aromatic rings. The highest BCUT2D eigenvalue weighted by molar-refractivity contribution is 6.39. The molecule has 2 amide bonds. The Morgan fingerprint density at radius 3 is 2.76 bits per heavy atom. The molecule has 0 aromatic heterocycles. The van der Waals surface area contributed by atoms with E-state index < -0.39 is 23.3 Å². The molecule has 1 saturated heterocycles. The molecule has 130 valence electrons. The highest BCUT2D eigenvalue weighted by Crippen LogP contribution is 2.40. The zero-order valence-corrected chi connectivity index (χ0v) is 13.8. The highest BCUT2D eigenvalue weighted by Gasteiger charge is 2.61. The number of hydrazone groups is 1. The van der Waals surface area contributed by atoms with Crippen LogP contribution in [0.15, 0.2) is 34.7 Å². The fourth-order valence-electron chi connectivity index (χ4n) is 3.07. The van der Waals surface area contributed by atoms with E-state index in [0.717, 1.165) is 10.5 Å². The van der Waals surface area contributed by atoms with Crippen LogP contribution in [0.5, 0.6) is 0 Å². The Labute approximate surface area is 143 Å². The Morgan fingerprint density at radius 1 is 1.36 bits per heavy atom. The van der Waals surface area contributed by atoms with E-state index in [9.17, 15) is 19.3 Å². The Bertz CT molecular complexity index is 805. The van der Waals surface area contributed by atoms with Crippen molar-refractivity contribution in [3.05, 3.63) is 34.7 Å². The third-order valence-electron chi connectivity index (χ3n) is 4.20. The van der Waals surface area contributed by atoms with Crippen molar-refractivity contribution < 1.29 is 19.1 Å². The maximum Gasteiger partial charge on any atom is 0.354 e. The van der Waals surface area contributed by atoms with Gasteiger partial charge in [-0.2, -0.15) is 0 Å². The highest BCUT2D eigenvalue weighted by atomic mass is 16.5. The molecule has 1 spiro atoms. The standard InChI is InChI=1S/C16H16N4O5/c1-3-25-14(22)12-8-16(20(17-12)18-24)9-13(21)19(15(16)23)11-6-4-5-10(2)7-11/h4-7H,3,8-9H2,1-2H3/t16-/m0/s1. The summed E-state index contributed by atoms with van der Waals surface area (Å²) in [6.45, 7) is 3.59. The molecule has 3 rings (SSSR count). The third kappa shape index (κ3) is 2.57. The molecule has 0 radical (unpaired) electrons. The Hall–Kier alpha value is -3.10. The van der Waals surface area contributed by atoms with Crippen LogP contribution in [0.1, 0.15) is 25.3 Å². The van der Waals surface area contributed by atoms with E-state index in [1.54, 1.807) is 25.1 Å². The van der Waals surface area contributed by atoms with E-state index >= 15 is 0 Å². The second kappa shape index (κ2) is 6.08. The van der Waals surface area contributed by atoms with E-state index in [2.05, 4.69) is 10.4 Å². The molecule has 2 aliphatic heterocycles.